The molecule has 344 valence electrons. The summed E-state index contributed by atoms with van der Waals surface area (Å²) in [4.78, 5) is 78.3. The van der Waals surface area contributed by atoms with Crippen LogP contribution in [0.2, 0.25) is 0 Å². The monoisotopic (exact) mass is 1030 g/mol. The molecule has 29 nitrogen and oxygen atoms in total. The summed E-state index contributed by atoms with van der Waals surface area (Å²) in [5.74, 6) is -3.58. The summed E-state index contributed by atoms with van der Waals surface area (Å²) >= 11 is 9.75. The van der Waals surface area contributed by atoms with Crippen LogP contribution in [-0.2, 0) is 63.2 Å². The standard InChI is InChI=1S/C11H19FN3O12P3.C10H16FN2O12P3S2/c1-5-9(16)8(25-11(5)15-3-7(12)10(13)14-6(15)2)4-24-29(20,21)27-30(22,23)26-28(17,18)19;1-4-7(14)6(23-9(4)13-2-5(11)8(29)12-10(13)30)3-22-27(18,19)25-28(20,21)24-26(15,16)17/h3,5,8-9,11,16H,2,4H2,1H3,(H2,13,14)(H,20,21)(H,22,23)(H2,17,18,19);2,4,6-7,9,14H,3H2,1H3,(H,18,19)(H,20,21)(H,12,29,30)(H2,15,16,17)/t5?,8-,9-,11-;4?,6-,7-,9-/m11/s1. The largest absolute Gasteiger partial charge is 0.490 e. The number of nitrogens with two attached hydrogens (primary N) is 1. The zero-order valence-corrected chi connectivity index (χ0v) is 36.8. The number of aliphatic hydroxyl groups is 2. The van der Waals surface area contributed by atoms with Gasteiger partial charge in [0.2, 0.25) is 0 Å². The molecular weight excluding hydrogens is 994 g/mol. The third-order valence-electron chi connectivity index (χ3n) is 7.52. The van der Waals surface area contributed by atoms with Gasteiger partial charge in [0.15, 0.2) is 22.3 Å². The Hall–Kier alpha value is -1.21. The van der Waals surface area contributed by atoms with Gasteiger partial charge in [-0.25, -0.2) is 41.2 Å². The topological polar surface area (TPSA) is 441 Å². The number of aromatic amines is 1. The number of phosphoric acid groups is 6. The molecule has 3 aliphatic heterocycles. The van der Waals surface area contributed by atoms with Crippen molar-refractivity contribution in [3.63, 3.8) is 0 Å². The average Bonchev–Trinajstić information content (AvgIpc) is 3.48. The van der Waals surface area contributed by atoms with Crippen LogP contribution in [0.25, 0.3) is 0 Å². The first-order valence-electron chi connectivity index (χ1n) is 15.5. The summed E-state index contributed by atoms with van der Waals surface area (Å²) in [6, 6.07) is 0. The molecule has 12 atom stereocenters. The molecule has 4 rings (SSSR count). The molecule has 3 aliphatic rings. The molecule has 1 aromatic heterocycles. The number of H-pyrrole nitrogens is 1. The first kappa shape index (κ1) is 53.1. The molecule has 0 aliphatic carbocycles. The highest BCUT2D eigenvalue weighted by molar-refractivity contribution is 7.72. The van der Waals surface area contributed by atoms with Gasteiger partial charge >= 0.3 is 46.9 Å². The number of aromatic nitrogens is 2. The van der Waals surface area contributed by atoms with Crippen molar-refractivity contribution in [3.05, 3.63) is 45.9 Å². The van der Waals surface area contributed by atoms with E-state index in [0.717, 1.165) is 21.9 Å². The van der Waals surface area contributed by atoms with Gasteiger partial charge in [-0.05, 0) is 12.2 Å². The van der Waals surface area contributed by atoms with E-state index in [2.05, 4.69) is 42.8 Å². The van der Waals surface area contributed by atoms with Crippen LogP contribution >= 0.6 is 71.4 Å². The van der Waals surface area contributed by atoms with Crippen LogP contribution in [0.1, 0.15) is 20.1 Å². The zero-order valence-electron chi connectivity index (χ0n) is 29.8. The number of hydrogen-bond acceptors (Lipinski definition) is 21. The Kier molecular flexibility index (Phi) is 17.6. The van der Waals surface area contributed by atoms with Crippen molar-refractivity contribution in [2.75, 3.05) is 13.2 Å². The lowest BCUT2D eigenvalue weighted by Gasteiger charge is -2.31. The third kappa shape index (κ3) is 15.5. The van der Waals surface area contributed by atoms with E-state index in [1.807, 2.05) is 0 Å². The van der Waals surface area contributed by atoms with Crippen LogP contribution in [-0.4, -0.2) is 114 Å². The van der Waals surface area contributed by atoms with Gasteiger partial charge in [-0.3, -0.25) is 13.6 Å². The number of nitrogens with zero attached hydrogens (tertiary/aromatic N) is 3. The number of phosphoric ester groups is 2. The molecule has 0 radical (unpaired) electrons. The highest BCUT2D eigenvalue weighted by Gasteiger charge is 2.48. The lowest BCUT2D eigenvalue weighted by molar-refractivity contribution is -0.0587. The molecule has 4 heterocycles. The maximum Gasteiger partial charge on any atom is 0.490 e. The lowest BCUT2D eigenvalue weighted by Crippen LogP contribution is -2.38. The van der Waals surface area contributed by atoms with Gasteiger partial charge in [0.05, 0.1) is 25.4 Å². The van der Waals surface area contributed by atoms with Crippen LogP contribution in [0, 0.1) is 27.1 Å². The van der Waals surface area contributed by atoms with Crippen LogP contribution in [0.5, 0.6) is 0 Å². The smallest absolute Gasteiger partial charge is 0.390 e. The molecule has 2 saturated heterocycles. The highest BCUT2D eigenvalue weighted by Crippen LogP contribution is 2.67. The Labute approximate surface area is 344 Å². The summed E-state index contributed by atoms with van der Waals surface area (Å²) in [6.45, 7) is 4.84. The first-order valence-corrected chi connectivity index (χ1v) is 25.3. The van der Waals surface area contributed by atoms with Gasteiger partial charge in [0, 0.05) is 24.2 Å². The number of rotatable bonds is 16. The summed E-state index contributed by atoms with van der Waals surface area (Å²) in [5, 5.41) is 20.5. The second kappa shape index (κ2) is 19.9. The van der Waals surface area contributed by atoms with Gasteiger partial charge in [-0.15, -0.1) is 0 Å². The lowest BCUT2D eigenvalue weighted by atomic mass is 10.0. The Morgan fingerprint density at radius 2 is 1.20 bits per heavy atom. The molecule has 2 fully saturated rings. The molecule has 60 heavy (non-hydrogen) atoms. The zero-order chi connectivity index (χ0) is 46.1. The van der Waals surface area contributed by atoms with Gasteiger partial charge in [0.1, 0.15) is 35.1 Å². The molecule has 39 heteroatoms. The summed E-state index contributed by atoms with van der Waals surface area (Å²) < 4.78 is 130. The van der Waals surface area contributed by atoms with E-state index in [9.17, 15) is 56.2 Å². The Morgan fingerprint density at radius 3 is 1.63 bits per heavy atom. The molecule has 6 unspecified atom stereocenters. The molecule has 0 amide bonds. The van der Waals surface area contributed by atoms with E-state index in [0.29, 0.717) is 0 Å². The van der Waals surface area contributed by atoms with Crippen LogP contribution < -0.4 is 5.73 Å². The third-order valence-corrected chi connectivity index (χ3v) is 15.7. The summed E-state index contributed by atoms with van der Waals surface area (Å²) in [5.41, 5.74) is 5.34. The fraction of sp³-hybridized carbons (Fsp3) is 0.571. The minimum absolute atomic E-state index is 0.00788. The summed E-state index contributed by atoms with van der Waals surface area (Å²) in [6.07, 6.45) is -5.45. The van der Waals surface area contributed by atoms with E-state index in [1.54, 1.807) is 0 Å². The first-order chi connectivity index (χ1) is 27.0. The van der Waals surface area contributed by atoms with E-state index in [1.165, 1.54) is 13.8 Å². The second-order valence-corrected chi connectivity index (χ2v) is 21.7. The molecule has 1 aromatic rings. The normalized spacial score (nSPS) is 30.2. The minimum atomic E-state index is -5.68. The van der Waals surface area contributed by atoms with E-state index >= 15 is 0 Å². The molecule has 0 bridgehead atoms. The predicted molar refractivity (Wildman–Crippen MR) is 195 cm³/mol. The van der Waals surface area contributed by atoms with Crippen molar-refractivity contribution < 1.29 is 121 Å². The Morgan fingerprint density at radius 1 is 0.783 bits per heavy atom. The van der Waals surface area contributed by atoms with Gasteiger partial charge in [-0.1, -0.05) is 32.6 Å². The van der Waals surface area contributed by atoms with Crippen molar-refractivity contribution in [1.82, 2.24) is 14.5 Å². The number of halogens is 2. The van der Waals surface area contributed by atoms with Crippen molar-refractivity contribution in [1.29, 1.82) is 0 Å². The average molecular weight is 1030 g/mol. The number of ether oxygens (including phenoxy) is 2. The van der Waals surface area contributed by atoms with Gasteiger partial charge in [0.25, 0.3) is 0 Å². The quantitative estimate of drug-likeness (QED) is 0.0827. The molecule has 0 saturated carbocycles. The van der Waals surface area contributed by atoms with Crippen molar-refractivity contribution in [2.45, 2.75) is 50.7 Å². The number of nitrogens with one attached hydrogen (secondary N) is 1. The maximum absolute atomic E-state index is 13.8. The van der Waals surface area contributed by atoms with E-state index in [4.69, 9.17) is 69.0 Å². The number of aliphatic hydroxyl groups excluding tert-OH is 2. The van der Waals surface area contributed by atoms with E-state index < -0.39 is 126 Å². The summed E-state index contributed by atoms with van der Waals surface area (Å²) in [7, 11) is -33.2. The number of hydrogen-bond donors (Lipinski definition) is 12. The Bertz CT molecular complexity index is 2270. The predicted octanol–water partition coefficient (Wildman–Crippen LogP) is 1.66. The second-order valence-electron chi connectivity index (χ2n) is 12.0. The molecule has 13 N–H and O–H groups in total. The van der Waals surface area contributed by atoms with Crippen molar-refractivity contribution in [2.24, 2.45) is 22.6 Å². The fourth-order valence-corrected chi connectivity index (χ4v) is 11.6. The van der Waals surface area contributed by atoms with Crippen LogP contribution in [0.3, 0.4) is 0 Å². The molecule has 0 aromatic carbocycles. The number of aliphatic imine (C=N–C) groups is 1. The maximum atomic E-state index is 13.8. The fourth-order valence-electron chi connectivity index (χ4n) is 5.02. The SMILES string of the molecule is C=C1N=C(N)C(F)=CN1[C@@H]1O[C@H](COP(=O)(O)OP(=O)(O)OP(=O)(O)O)[C@H](O)C1C.CC1[C@@H](O)[C@@H](COP(=O)(O)OP(=O)(O)OP(=O)(O)O)O[C@H]1n1cc(F)c(=S)[nH]c1=S. The van der Waals surface area contributed by atoms with Gasteiger partial charge in [-0.2, -0.15) is 17.2 Å². The highest BCUT2D eigenvalue weighted by atomic mass is 32.1. The van der Waals surface area contributed by atoms with Crippen LogP contribution in [0.4, 0.5) is 8.78 Å². The van der Waals surface area contributed by atoms with Gasteiger partial charge < -0.3 is 74.5 Å². The van der Waals surface area contributed by atoms with Crippen molar-refractivity contribution in [3.8, 4) is 0 Å². The van der Waals surface area contributed by atoms with Crippen molar-refractivity contribution >= 4 is 77.2 Å². The van der Waals surface area contributed by atoms with Crippen LogP contribution in [0.15, 0.2) is 35.6 Å². The molecule has 0 spiro atoms. The Balaban J connectivity index is 0.000000320. The number of amidine groups is 1. The minimum Gasteiger partial charge on any atom is -0.390 e. The molecular formula is C21H35F2N5O24P6S2. The van der Waals surface area contributed by atoms with E-state index in [-0.39, 0.29) is 15.2 Å².